The first-order valence-corrected chi connectivity index (χ1v) is 5.58. The first kappa shape index (κ1) is 7.67. The fraction of sp³-hybridized carbons (Fsp3) is 0.333. The topological polar surface area (TPSA) is 0 Å². The summed E-state index contributed by atoms with van der Waals surface area (Å²) in [7, 11) is 0.533. The molecule has 1 aromatic carbocycles. The van der Waals surface area contributed by atoms with Crippen LogP contribution in [0.25, 0.3) is 0 Å². The predicted molar refractivity (Wildman–Crippen MR) is 49.4 cm³/mol. The van der Waals surface area contributed by atoms with Crippen LogP contribution in [0.5, 0.6) is 0 Å². The van der Waals surface area contributed by atoms with Gasteiger partial charge in [0.05, 0.1) is 12.5 Å². The first-order chi connectivity index (χ1) is 4.79. The fourth-order valence-corrected chi connectivity index (χ4v) is 1.77. The zero-order valence-corrected chi connectivity index (χ0v) is 7.32. The van der Waals surface area contributed by atoms with E-state index < -0.39 is 0 Å². The molecule has 0 heterocycles. The monoisotopic (exact) mass is 153 g/mol. The van der Waals surface area contributed by atoms with E-state index in [1.54, 1.807) is 0 Å². The van der Waals surface area contributed by atoms with Crippen LogP contribution in [0.2, 0.25) is 0 Å². The standard InChI is InChI=1S/C9H13S/c1-10(2)8-9-6-4-3-5-7-9/h3-7H,8H2,1-2H3/q+1. The van der Waals surface area contributed by atoms with Crippen molar-refractivity contribution in [2.75, 3.05) is 12.5 Å². The lowest BCUT2D eigenvalue weighted by molar-refractivity contribution is 1.41. The Morgan fingerprint density at radius 1 is 1.10 bits per heavy atom. The molecule has 0 saturated carbocycles. The summed E-state index contributed by atoms with van der Waals surface area (Å²) in [4.78, 5) is 0. The van der Waals surface area contributed by atoms with Gasteiger partial charge < -0.3 is 0 Å². The lowest BCUT2D eigenvalue weighted by Gasteiger charge is -1.95. The zero-order valence-electron chi connectivity index (χ0n) is 6.50. The Kier molecular flexibility index (Phi) is 2.82. The minimum absolute atomic E-state index is 0.533. The van der Waals surface area contributed by atoms with Crippen molar-refractivity contribution in [1.82, 2.24) is 0 Å². The quantitative estimate of drug-likeness (QED) is 0.571. The van der Waals surface area contributed by atoms with E-state index >= 15 is 0 Å². The van der Waals surface area contributed by atoms with Crippen LogP contribution in [0.3, 0.4) is 0 Å². The average Bonchev–Trinajstić information content (AvgIpc) is 1.88. The minimum atomic E-state index is 0.533. The second-order valence-corrected chi connectivity index (χ2v) is 4.88. The highest BCUT2D eigenvalue weighted by atomic mass is 32.2. The van der Waals surface area contributed by atoms with Crippen LogP contribution < -0.4 is 0 Å². The van der Waals surface area contributed by atoms with Gasteiger partial charge in [-0.3, -0.25) is 0 Å². The second-order valence-electron chi connectivity index (χ2n) is 2.62. The van der Waals surface area contributed by atoms with E-state index in [-0.39, 0.29) is 0 Å². The van der Waals surface area contributed by atoms with Gasteiger partial charge in [-0.1, -0.05) is 30.3 Å². The van der Waals surface area contributed by atoms with Gasteiger partial charge in [0.2, 0.25) is 0 Å². The van der Waals surface area contributed by atoms with Crippen LogP contribution in [0.1, 0.15) is 5.56 Å². The van der Waals surface area contributed by atoms with Crippen molar-refractivity contribution in [3.05, 3.63) is 35.9 Å². The highest BCUT2D eigenvalue weighted by Gasteiger charge is 2.01. The molecular weight excluding hydrogens is 140 g/mol. The average molecular weight is 153 g/mol. The zero-order chi connectivity index (χ0) is 7.40. The Bertz CT molecular complexity index is 179. The number of hydrogen-bond donors (Lipinski definition) is 0. The van der Waals surface area contributed by atoms with Crippen molar-refractivity contribution < 1.29 is 0 Å². The Labute approximate surface area is 65.6 Å². The van der Waals surface area contributed by atoms with Crippen molar-refractivity contribution >= 4 is 10.9 Å². The van der Waals surface area contributed by atoms with Crippen LogP contribution in [-0.4, -0.2) is 12.5 Å². The molecule has 0 bridgehead atoms. The van der Waals surface area contributed by atoms with Gasteiger partial charge >= 0.3 is 0 Å². The molecule has 1 aromatic rings. The molecule has 0 spiro atoms. The van der Waals surface area contributed by atoms with Crippen LogP contribution in [-0.2, 0) is 16.6 Å². The van der Waals surface area contributed by atoms with E-state index in [9.17, 15) is 0 Å². The largest absolute Gasteiger partial charge is 0.132 e. The molecule has 0 aliphatic carbocycles. The summed E-state index contributed by atoms with van der Waals surface area (Å²) in [6.07, 6.45) is 4.54. The predicted octanol–water partition coefficient (Wildman–Crippen LogP) is 2.06. The highest BCUT2D eigenvalue weighted by molar-refractivity contribution is 7.94. The molecule has 0 amide bonds. The van der Waals surface area contributed by atoms with Crippen molar-refractivity contribution in [2.24, 2.45) is 0 Å². The molecule has 54 valence electrons. The summed E-state index contributed by atoms with van der Waals surface area (Å²) in [5, 5.41) is 0. The Hall–Kier alpha value is -0.430. The highest BCUT2D eigenvalue weighted by Crippen LogP contribution is 2.03. The normalized spacial score (nSPS) is 10.3. The lowest BCUT2D eigenvalue weighted by atomic mass is 10.2. The van der Waals surface area contributed by atoms with E-state index in [1.165, 1.54) is 11.3 Å². The SMILES string of the molecule is C[S+](C)Cc1ccccc1. The summed E-state index contributed by atoms with van der Waals surface area (Å²) < 4.78 is 0. The smallest absolute Gasteiger partial charge is 0.0622 e. The molecule has 0 aliphatic heterocycles. The molecule has 10 heavy (non-hydrogen) atoms. The second kappa shape index (κ2) is 3.67. The van der Waals surface area contributed by atoms with Crippen molar-refractivity contribution in [1.29, 1.82) is 0 Å². The summed E-state index contributed by atoms with van der Waals surface area (Å²) in [6, 6.07) is 10.6. The van der Waals surface area contributed by atoms with Crippen LogP contribution in [0.4, 0.5) is 0 Å². The molecule has 0 N–H and O–H groups in total. The van der Waals surface area contributed by atoms with Crippen LogP contribution in [0, 0.1) is 0 Å². The van der Waals surface area contributed by atoms with E-state index in [0.29, 0.717) is 10.9 Å². The van der Waals surface area contributed by atoms with Gasteiger partial charge in [-0.25, -0.2) is 0 Å². The van der Waals surface area contributed by atoms with Gasteiger partial charge in [0.25, 0.3) is 0 Å². The maximum atomic E-state index is 2.27. The molecule has 0 atom stereocenters. The molecule has 0 nitrogen and oxygen atoms in total. The first-order valence-electron chi connectivity index (χ1n) is 3.37. The Balaban J connectivity index is 2.59. The summed E-state index contributed by atoms with van der Waals surface area (Å²) in [5.74, 6) is 1.22. The molecule has 0 aliphatic rings. The molecule has 1 heteroatoms. The third-order valence-corrected chi connectivity index (χ3v) is 2.21. The Morgan fingerprint density at radius 2 is 1.70 bits per heavy atom. The third-order valence-electron chi connectivity index (χ3n) is 1.30. The number of benzene rings is 1. The van der Waals surface area contributed by atoms with E-state index in [4.69, 9.17) is 0 Å². The molecule has 0 fully saturated rings. The van der Waals surface area contributed by atoms with Gasteiger partial charge in [-0.15, -0.1) is 0 Å². The minimum Gasteiger partial charge on any atom is -0.0622 e. The van der Waals surface area contributed by atoms with Crippen LogP contribution in [0.15, 0.2) is 30.3 Å². The molecular formula is C9H13S+. The van der Waals surface area contributed by atoms with Gasteiger partial charge in [-0.2, -0.15) is 0 Å². The van der Waals surface area contributed by atoms with Gasteiger partial charge in [0.1, 0.15) is 5.75 Å². The van der Waals surface area contributed by atoms with E-state index in [1.807, 2.05) is 0 Å². The van der Waals surface area contributed by atoms with Gasteiger partial charge in [-0.05, 0) is 10.9 Å². The molecule has 0 radical (unpaired) electrons. The summed E-state index contributed by atoms with van der Waals surface area (Å²) in [5.41, 5.74) is 1.45. The van der Waals surface area contributed by atoms with Gasteiger partial charge in [0.15, 0.2) is 0 Å². The summed E-state index contributed by atoms with van der Waals surface area (Å²) in [6.45, 7) is 0. The third kappa shape index (κ3) is 2.44. The molecule has 0 saturated heterocycles. The Morgan fingerprint density at radius 3 is 2.20 bits per heavy atom. The van der Waals surface area contributed by atoms with Crippen molar-refractivity contribution in [3.8, 4) is 0 Å². The van der Waals surface area contributed by atoms with Crippen LogP contribution >= 0.6 is 0 Å². The van der Waals surface area contributed by atoms with Crippen molar-refractivity contribution in [3.63, 3.8) is 0 Å². The number of hydrogen-bond acceptors (Lipinski definition) is 0. The van der Waals surface area contributed by atoms with E-state index in [2.05, 4.69) is 42.8 Å². The number of rotatable bonds is 2. The maximum absolute atomic E-state index is 2.27. The van der Waals surface area contributed by atoms with Gasteiger partial charge in [0, 0.05) is 5.56 Å². The lowest BCUT2D eigenvalue weighted by Crippen LogP contribution is -1.98. The fourth-order valence-electron chi connectivity index (χ4n) is 0.908. The molecule has 0 aromatic heterocycles. The molecule has 0 unspecified atom stereocenters. The summed E-state index contributed by atoms with van der Waals surface area (Å²) >= 11 is 0. The molecule has 1 rings (SSSR count). The van der Waals surface area contributed by atoms with Crippen molar-refractivity contribution in [2.45, 2.75) is 5.75 Å². The van der Waals surface area contributed by atoms with E-state index in [0.717, 1.165) is 0 Å². The maximum Gasteiger partial charge on any atom is 0.132 e.